The number of fused-ring (bicyclic) bond motifs is 1. The summed E-state index contributed by atoms with van der Waals surface area (Å²) in [5, 5.41) is 3.46. The molecular weight excluding hydrogens is 208 g/mol. The number of thiophene rings is 1. The Labute approximate surface area is 91.4 Å². The maximum Gasteiger partial charge on any atom is 0.108 e. The maximum atomic E-state index is 5.16. The SMILES string of the molecule is C1=NC(c2csc3ccccc23)CON1. The van der Waals surface area contributed by atoms with Gasteiger partial charge in [-0.1, -0.05) is 18.2 Å². The van der Waals surface area contributed by atoms with Crippen LogP contribution in [-0.4, -0.2) is 12.9 Å². The summed E-state index contributed by atoms with van der Waals surface area (Å²) >= 11 is 1.76. The van der Waals surface area contributed by atoms with Crippen LogP contribution in [0.3, 0.4) is 0 Å². The molecule has 3 nitrogen and oxygen atoms in total. The monoisotopic (exact) mass is 218 g/mol. The smallest absolute Gasteiger partial charge is 0.108 e. The van der Waals surface area contributed by atoms with Crippen molar-refractivity contribution >= 4 is 27.8 Å². The molecule has 1 aromatic heterocycles. The normalized spacial score (nSPS) is 20.4. The molecule has 0 bridgehead atoms. The highest BCUT2D eigenvalue weighted by molar-refractivity contribution is 7.17. The van der Waals surface area contributed by atoms with E-state index in [4.69, 9.17) is 4.84 Å². The Morgan fingerprint density at radius 1 is 1.40 bits per heavy atom. The van der Waals surface area contributed by atoms with Gasteiger partial charge in [0.15, 0.2) is 0 Å². The van der Waals surface area contributed by atoms with Crippen molar-refractivity contribution in [2.45, 2.75) is 6.04 Å². The summed E-state index contributed by atoms with van der Waals surface area (Å²) in [5.41, 5.74) is 3.89. The van der Waals surface area contributed by atoms with Gasteiger partial charge in [-0.25, -0.2) is 0 Å². The van der Waals surface area contributed by atoms with Crippen LogP contribution >= 0.6 is 11.3 Å². The molecule has 2 aromatic rings. The van der Waals surface area contributed by atoms with Gasteiger partial charge in [-0.05, 0) is 22.4 Å². The lowest BCUT2D eigenvalue weighted by Crippen LogP contribution is -2.22. The predicted molar refractivity (Wildman–Crippen MR) is 62.1 cm³/mol. The van der Waals surface area contributed by atoms with E-state index in [1.165, 1.54) is 15.6 Å². The van der Waals surface area contributed by atoms with Gasteiger partial charge in [0.05, 0.1) is 0 Å². The zero-order chi connectivity index (χ0) is 10.1. The van der Waals surface area contributed by atoms with Crippen molar-refractivity contribution in [2.24, 2.45) is 4.99 Å². The fourth-order valence-corrected chi connectivity index (χ4v) is 2.76. The molecule has 0 amide bonds. The number of aliphatic imine (C=N–C) groups is 1. The van der Waals surface area contributed by atoms with Crippen molar-refractivity contribution in [1.82, 2.24) is 5.48 Å². The number of hydrogen-bond donors (Lipinski definition) is 1. The van der Waals surface area contributed by atoms with Crippen molar-refractivity contribution in [3.8, 4) is 0 Å². The Balaban J connectivity index is 2.10. The standard InChI is InChI=1S/C11H10N2OS/c1-2-4-11-8(3-1)9(6-15-11)10-5-14-13-7-12-10/h1-4,6-7,10H,5H2,(H,12,13). The number of nitrogens with zero attached hydrogens (tertiary/aromatic N) is 1. The molecule has 15 heavy (non-hydrogen) atoms. The second kappa shape index (κ2) is 3.64. The summed E-state index contributed by atoms with van der Waals surface area (Å²) in [6.07, 6.45) is 1.61. The molecule has 0 spiro atoms. The molecule has 0 radical (unpaired) electrons. The summed E-state index contributed by atoms with van der Waals surface area (Å²) in [6.45, 7) is 0.594. The topological polar surface area (TPSA) is 33.6 Å². The molecule has 0 saturated heterocycles. The summed E-state index contributed by atoms with van der Waals surface area (Å²) < 4.78 is 1.31. The Bertz CT molecular complexity index is 506. The van der Waals surface area contributed by atoms with Crippen molar-refractivity contribution < 1.29 is 4.84 Å². The molecule has 1 aliphatic heterocycles. The Morgan fingerprint density at radius 3 is 3.20 bits per heavy atom. The van der Waals surface area contributed by atoms with Crippen LogP contribution in [0.15, 0.2) is 34.6 Å². The molecule has 0 fully saturated rings. The average molecular weight is 218 g/mol. The van der Waals surface area contributed by atoms with E-state index in [-0.39, 0.29) is 6.04 Å². The third-order valence-corrected chi connectivity index (χ3v) is 3.48. The number of benzene rings is 1. The van der Waals surface area contributed by atoms with E-state index in [0.717, 1.165) is 0 Å². The van der Waals surface area contributed by atoms with Crippen LogP contribution in [0.25, 0.3) is 10.1 Å². The van der Waals surface area contributed by atoms with Gasteiger partial charge in [0.1, 0.15) is 19.0 Å². The van der Waals surface area contributed by atoms with E-state index in [1.54, 1.807) is 17.7 Å². The van der Waals surface area contributed by atoms with E-state index < -0.39 is 0 Å². The first kappa shape index (κ1) is 8.88. The number of nitrogens with one attached hydrogen (secondary N) is 1. The van der Waals surface area contributed by atoms with Gasteiger partial charge >= 0.3 is 0 Å². The van der Waals surface area contributed by atoms with Crippen LogP contribution < -0.4 is 5.48 Å². The molecule has 1 atom stereocenters. The van der Waals surface area contributed by atoms with Crippen molar-refractivity contribution in [1.29, 1.82) is 0 Å². The van der Waals surface area contributed by atoms with Gasteiger partial charge in [-0.2, -0.15) is 0 Å². The minimum atomic E-state index is 0.127. The van der Waals surface area contributed by atoms with Crippen LogP contribution in [0.5, 0.6) is 0 Å². The third-order valence-electron chi connectivity index (χ3n) is 2.50. The summed E-state index contributed by atoms with van der Waals surface area (Å²) in [7, 11) is 0. The largest absolute Gasteiger partial charge is 0.273 e. The van der Waals surface area contributed by atoms with Crippen LogP contribution in [0.4, 0.5) is 0 Å². The summed E-state index contributed by atoms with van der Waals surface area (Å²) in [6, 6.07) is 8.52. The fraction of sp³-hybridized carbons (Fsp3) is 0.182. The molecule has 0 aliphatic carbocycles. The Kier molecular flexibility index (Phi) is 2.16. The minimum absolute atomic E-state index is 0.127. The van der Waals surface area contributed by atoms with Crippen molar-refractivity contribution in [3.63, 3.8) is 0 Å². The first-order valence-corrected chi connectivity index (χ1v) is 5.68. The number of hydroxylamine groups is 1. The zero-order valence-corrected chi connectivity index (χ0v) is 8.83. The molecule has 76 valence electrons. The maximum absolute atomic E-state index is 5.16. The lowest BCUT2D eigenvalue weighted by atomic mass is 10.1. The fourth-order valence-electron chi connectivity index (χ4n) is 1.75. The second-order valence-electron chi connectivity index (χ2n) is 3.41. The Hall–Kier alpha value is -1.39. The summed E-state index contributed by atoms with van der Waals surface area (Å²) in [4.78, 5) is 9.53. The highest BCUT2D eigenvalue weighted by Gasteiger charge is 2.16. The quantitative estimate of drug-likeness (QED) is 0.798. The molecule has 4 heteroatoms. The number of rotatable bonds is 1. The van der Waals surface area contributed by atoms with E-state index in [1.807, 2.05) is 0 Å². The average Bonchev–Trinajstić information content (AvgIpc) is 2.74. The van der Waals surface area contributed by atoms with Crippen LogP contribution in [0.1, 0.15) is 11.6 Å². The van der Waals surface area contributed by atoms with E-state index in [9.17, 15) is 0 Å². The lowest BCUT2D eigenvalue weighted by molar-refractivity contribution is 0.0663. The van der Waals surface area contributed by atoms with Crippen LogP contribution in [0.2, 0.25) is 0 Å². The van der Waals surface area contributed by atoms with Gasteiger partial charge in [0.25, 0.3) is 0 Å². The zero-order valence-electron chi connectivity index (χ0n) is 8.01. The van der Waals surface area contributed by atoms with Crippen molar-refractivity contribution in [2.75, 3.05) is 6.61 Å². The number of hydrogen-bond acceptors (Lipinski definition) is 4. The van der Waals surface area contributed by atoms with Crippen molar-refractivity contribution in [3.05, 3.63) is 35.2 Å². The molecule has 1 aliphatic rings. The van der Waals surface area contributed by atoms with E-state index in [0.29, 0.717) is 6.61 Å². The molecule has 1 N–H and O–H groups in total. The van der Waals surface area contributed by atoms with E-state index in [2.05, 4.69) is 40.1 Å². The highest BCUT2D eigenvalue weighted by Crippen LogP contribution is 2.32. The third kappa shape index (κ3) is 1.52. The molecule has 0 saturated carbocycles. The lowest BCUT2D eigenvalue weighted by Gasteiger charge is -2.16. The van der Waals surface area contributed by atoms with Gasteiger partial charge in [0.2, 0.25) is 0 Å². The van der Waals surface area contributed by atoms with Gasteiger partial charge in [-0.15, -0.1) is 11.3 Å². The van der Waals surface area contributed by atoms with Crippen LogP contribution in [0, 0.1) is 0 Å². The molecule has 2 heterocycles. The molecule has 1 unspecified atom stereocenters. The van der Waals surface area contributed by atoms with Gasteiger partial charge in [-0.3, -0.25) is 15.3 Å². The van der Waals surface area contributed by atoms with Crippen LogP contribution in [-0.2, 0) is 4.84 Å². The first-order valence-electron chi connectivity index (χ1n) is 4.80. The molecule has 3 rings (SSSR count). The molecule has 1 aromatic carbocycles. The first-order chi connectivity index (χ1) is 7.45. The Morgan fingerprint density at radius 2 is 2.33 bits per heavy atom. The molecular formula is C11H10N2OS. The summed E-state index contributed by atoms with van der Waals surface area (Å²) in [5.74, 6) is 0. The predicted octanol–water partition coefficient (Wildman–Crippen LogP) is 2.51. The minimum Gasteiger partial charge on any atom is -0.273 e. The van der Waals surface area contributed by atoms with Gasteiger partial charge < -0.3 is 0 Å². The highest BCUT2D eigenvalue weighted by atomic mass is 32.1. The van der Waals surface area contributed by atoms with E-state index >= 15 is 0 Å². The van der Waals surface area contributed by atoms with Gasteiger partial charge in [0, 0.05) is 4.70 Å². The second-order valence-corrected chi connectivity index (χ2v) is 4.32.